The Morgan fingerprint density at radius 1 is 1.11 bits per heavy atom. The van der Waals surface area contributed by atoms with E-state index < -0.39 is 0 Å². The zero-order chi connectivity index (χ0) is 12.9. The van der Waals surface area contributed by atoms with Gasteiger partial charge in [-0.2, -0.15) is 0 Å². The second kappa shape index (κ2) is 5.89. The van der Waals surface area contributed by atoms with Gasteiger partial charge in [-0.1, -0.05) is 18.2 Å². The van der Waals surface area contributed by atoms with Crippen molar-refractivity contribution < 1.29 is 0 Å². The third kappa shape index (κ3) is 2.96. The fourth-order valence-electron chi connectivity index (χ4n) is 2.56. The summed E-state index contributed by atoms with van der Waals surface area (Å²) in [6, 6.07) is 10.3. The Kier molecular flexibility index (Phi) is 3.79. The van der Waals surface area contributed by atoms with Gasteiger partial charge in [-0.25, -0.2) is 4.98 Å². The Hall–Kier alpha value is -1.81. The van der Waals surface area contributed by atoms with Gasteiger partial charge >= 0.3 is 0 Å². The van der Waals surface area contributed by atoms with Crippen LogP contribution in [0.5, 0.6) is 0 Å². The Morgan fingerprint density at radius 2 is 1.89 bits per heavy atom. The summed E-state index contributed by atoms with van der Waals surface area (Å²) in [4.78, 5) is 6.89. The van der Waals surface area contributed by atoms with E-state index in [1.54, 1.807) is 0 Å². The van der Waals surface area contributed by atoms with Gasteiger partial charge in [-0.15, -0.1) is 0 Å². The van der Waals surface area contributed by atoms with Crippen LogP contribution in [0.25, 0.3) is 5.69 Å². The van der Waals surface area contributed by atoms with Gasteiger partial charge in [0.25, 0.3) is 0 Å². The van der Waals surface area contributed by atoms with Crippen LogP contribution in [0.1, 0.15) is 12.8 Å². The number of hydrogen-bond acceptors (Lipinski definition) is 3. The van der Waals surface area contributed by atoms with Crippen LogP contribution in [0.15, 0.2) is 42.7 Å². The van der Waals surface area contributed by atoms with E-state index in [1.165, 1.54) is 25.9 Å². The molecule has 19 heavy (non-hydrogen) atoms. The number of anilines is 1. The highest BCUT2D eigenvalue weighted by Gasteiger charge is 2.11. The van der Waals surface area contributed by atoms with Crippen molar-refractivity contribution in [2.75, 3.05) is 31.5 Å². The highest BCUT2D eigenvalue weighted by Crippen LogP contribution is 2.13. The molecule has 0 atom stereocenters. The number of para-hydroxylation sites is 1. The monoisotopic (exact) mass is 256 g/mol. The lowest BCUT2D eigenvalue weighted by molar-refractivity contribution is 0.352. The molecule has 4 nitrogen and oxygen atoms in total. The van der Waals surface area contributed by atoms with Crippen LogP contribution in [-0.2, 0) is 0 Å². The Bertz CT molecular complexity index is 500. The molecule has 1 aromatic heterocycles. The maximum absolute atomic E-state index is 4.39. The molecule has 0 spiro atoms. The third-order valence-corrected chi connectivity index (χ3v) is 3.58. The van der Waals surface area contributed by atoms with E-state index in [9.17, 15) is 0 Å². The molecule has 1 saturated heterocycles. The van der Waals surface area contributed by atoms with E-state index in [1.807, 2.05) is 30.6 Å². The molecule has 1 fully saturated rings. The van der Waals surface area contributed by atoms with Crippen molar-refractivity contribution in [3.05, 3.63) is 42.7 Å². The van der Waals surface area contributed by atoms with Gasteiger partial charge in [0.05, 0.1) is 0 Å². The van der Waals surface area contributed by atoms with Gasteiger partial charge < -0.3 is 10.2 Å². The minimum absolute atomic E-state index is 0.922. The Balaban J connectivity index is 1.61. The summed E-state index contributed by atoms with van der Waals surface area (Å²) in [5, 5.41) is 3.43. The Morgan fingerprint density at radius 3 is 2.68 bits per heavy atom. The predicted octanol–water partition coefficient (Wildman–Crippen LogP) is 2.38. The molecule has 0 amide bonds. The Labute approximate surface area is 114 Å². The summed E-state index contributed by atoms with van der Waals surface area (Å²) in [5.41, 5.74) is 1.14. The predicted molar refractivity (Wildman–Crippen MR) is 77.7 cm³/mol. The maximum atomic E-state index is 4.39. The lowest BCUT2D eigenvalue weighted by atomic mass is 10.3. The van der Waals surface area contributed by atoms with Gasteiger partial charge in [0, 0.05) is 31.2 Å². The van der Waals surface area contributed by atoms with Crippen molar-refractivity contribution in [1.29, 1.82) is 0 Å². The topological polar surface area (TPSA) is 33.1 Å². The minimum atomic E-state index is 0.922. The molecule has 2 heterocycles. The molecule has 0 bridgehead atoms. The second-order valence-electron chi connectivity index (χ2n) is 4.93. The third-order valence-electron chi connectivity index (χ3n) is 3.58. The van der Waals surface area contributed by atoms with E-state index in [2.05, 4.69) is 31.9 Å². The first kappa shape index (κ1) is 12.2. The molecule has 3 rings (SSSR count). The molecule has 0 aliphatic carbocycles. The van der Waals surface area contributed by atoms with Gasteiger partial charge in [-0.3, -0.25) is 4.57 Å². The van der Waals surface area contributed by atoms with E-state index in [0.29, 0.717) is 0 Å². The zero-order valence-electron chi connectivity index (χ0n) is 11.1. The largest absolute Gasteiger partial charge is 0.354 e. The number of rotatable bonds is 5. The average Bonchev–Trinajstić information content (AvgIpc) is 3.11. The molecule has 1 aliphatic rings. The molecule has 4 heteroatoms. The quantitative estimate of drug-likeness (QED) is 0.891. The SMILES string of the molecule is c1ccc(-n2ccnc2NCCN2CCCC2)cc1. The van der Waals surface area contributed by atoms with Gasteiger partial charge in [0.1, 0.15) is 0 Å². The molecule has 0 radical (unpaired) electrons. The highest BCUT2D eigenvalue weighted by molar-refractivity contribution is 5.41. The van der Waals surface area contributed by atoms with Crippen molar-refractivity contribution in [3.8, 4) is 5.69 Å². The van der Waals surface area contributed by atoms with Gasteiger partial charge in [0.15, 0.2) is 0 Å². The summed E-state index contributed by atoms with van der Waals surface area (Å²) in [5.74, 6) is 0.922. The lowest BCUT2D eigenvalue weighted by Gasteiger charge is -2.15. The van der Waals surface area contributed by atoms with Gasteiger partial charge in [0.2, 0.25) is 5.95 Å². The summed E-state index contributed by atoms with van der Waals surface area (Å²) in [7, 11) is 0. The molecule has 1 aromatic carbocycles. The first-order chi connectivity index (χ1) is 9.43. The summed E-state index contributed by atoms with van der Waals surface area (Å²) >= 11 is 0. The number of nitrogens with zero attached hydrogens (tertiary/aromatic N) is 3. The van der Waals surface area contributed by atoms with Crippen molar-refractivity contribution >= 4 is 5.95 Å². The molecule has 0 saturated carbocycles. The van der Waals surface area contributed by atoms with Crippen molar-refractivity contribution in [1.82, 2.24) is 14.5 Å². The number of aromatic nitrogens is 2. The summed E-state index contributed by atoms with van der Waals surface area (Å²) < 4.78 is 2.09. The minimum Gasteiger partial charge on any atom is -0.354 e. The van der Waals surface area contributed by atoms with Crippen LogP contribution in [0.2, 0.25) is 0 Å². The molecule has 0 unspecified atom stereocenters. The van der Waals surface area contributed by atoms with Crippen molar-refractivity contribution in [3.63, 3.8) is 0 Å². The fourth-order valence-corrected chi connectivity index (χ4v) is 2.56. The van der Waals surface area contributed by atoms with Crippen LogP contribution >= 0.6 is 0 Å². The number of likely N-dealkylation sites (tertiary alicyclic amines) is 1. The first-order valence-corrected chi connectivity index (χ1v) is 6.98. The molecule has 2 aromatic rings. The number of hydrogen-bond donors (Lipinski definition) is 1. The van der Waals surface area contributed by atoms with E-state index in [4.69, 9.17) is 0 Å². The molecule has 1 N–H and O–H groups in total. The van der Waals surface area contributed by atoms with Crippen LogP contribution in [-0.4, -0.2) is 40.6 Å². The molecule has 100 valence electrons. The number of benzene rings is 1. The van der Waals surface area contributed by atoms with E-state index in [0.717, 1.165) is 24.7 Å². The van der Waals surface area contributed by atoms with Crippen molar-refractivity contribution in [2.24, 2.45) is 0 Å². The summed E-state index contributed by atoms with van der Waals surface area (Å²) in [6.07, 6.45) is 6.52. The zero-order valence-corrected chi connectivity index (χ0v) is 11.1. The van der Waals surface area contributed by atoms with Crippen LogP contribution in [0.4, 0.5) is 5.95 Å². The normalized spacial score (nSPS) is 15.8. The average molecular weight is 256 g/mol. The second-order valence-corrected chi connectivity index (χ2v) is 4.93. The fraction of sp³-hybridized carbons (Fsp3) is 0.400. The van der Waals surface area contributed by atoms with Crippen LogP contribution in [0, 0.1) is 0 Å². The molecule has 1 aliphatic heterocycles. The molecular weight excluding hydrogens is 236 g/mol. The summed E-state index contributed by atoms with van der Waals surface area (Å²) in [6.45, 7) is 4.54. The smallest absolute Gasteiger partial charge is 0.207 e. The number of imidazole rings is 1. The van der Waals surface area contributed by atoms with E-state index in [-0.39, 0.29) is 0 Å². The van der Waals surface area contributed by atoms with Crippen molar-refractivity contribution in [2.45, 2.75) is 12.8 Å². The van der Waals surface area contributed by atoms with E-state index >= 15 is 0 Å². The van der Waals surface area contributed by atoms with Crippen LogP contribution in [0.3, 0.4) is 0 Å². The standard InChI is InChI=1S/C15H20N4/c1-2-6-14(7-3-1)19-13-9-17-15(19)16-8-12-18-10-4-5-11-18/h1-3,6-7,9,13H,4-5,8,10-12H2,(H,16,17). The lowest BCUT2D eigenvalue weighted by Crippen LogP contribution is -2.26. The number of nitrogens with one attached hydrogen (secondary N) is 1. The highest BCUT2D eigenvalue weighted by atomic mass is 15.2. The van der Waals surface area contributed by atoms with Gasteiger partial charge in [-0.05, 0) is 38.1 Å². The first-order valence-electron chi connectivity index (χ1n) is 6.98. The maximum Gasteiger partial charge on any atom is 0.207 e. The molecular formula is C15H20N4. The van der Waals surface area contributed by atoms with Crippen LogP contribution < -0.4 is 5.32 Å².